The van der Waals surface area contributed by atoms with Crippen molar-refractivity contribution in [3.05, 3.63) is 58.1 Å². The Morgan fingerprint density at radius 3 is 2.81 bits per heavy atom. The van der Waals surface area contributed by atoms with Crippen molar-refractivity contribution < 1.29 is 9.32 Å². The van der Waals surface area contributed by atoms with Crippen LogP contribution in [0.4, 0.5) is 0 Å². The van der Waals surface area contributed by atoms with Crippen LogP contribution in [0.5, 0.6) is 0 Å². The number of carbonyl (C=O) groups excluding carboxylic acids is 1. The number of aromatic nitrogens is 2. The predicted octanol–water partition coefficient (Wildman–Crippen LogP) is 4.59. The van der Waals surface area contributed by atoms with Gasteiger partial charge in [0.1, 0.15) is 0 Å². The molecule has 2 aromatic heterocycles. The number of amides is 1. The average molecular weight is 365 g/mol. The molecule has 1 aliphatic rings. The van der Waals surface area contributed by atoms with Crippen molar-refractivity contribution in [2.24, 2.45) is 0 Å². The Kier molecular flexibility index (Phi) is 4.93. The van der Waals surface area contributed by atoms with Crippen molar-refractivity contribution in [3.8, 4) is 11.4 Å². The van der Waals surface area contributed by atoms with Gasteiger partial charge in [0, 0.05) is 35.2 Å². The maximum absolute atomic E-state index is 12.7. The van der Waals surface area contributed by atoms with Crippen molar-refractivity contribution in [2.75, 3.05) is 13.1 Å². The SMILES string of the molecule is O=C(c1cccc(-c2noc(C=Cc3cccs3)n2)c1)N1CCCCC1. The number of thiophene rings is 1. The molecule has 132 valence electrons. The number of piperidine rings is 1. The first-order valence-corrected chi connectivity index (χ1v) is 9.62. The third kappa shape index (κ3) is 3.75. The van der Waals surface area contributed by atoms with Crippen molar-refractivity contribution in [3.63, 3.8) is 0 Å². The number of benzene rings is 1. The van der Waals surface area contributed by atoms with Gasteiger partial charge in [-0.3, -0.25) is 4.79 Å². The molecule has 26 heavy (non-hydrogen) atoms. The van der Waals surface area contributed by atoms with E-state index in [1.54, 1.807) is 17.4 Å². The van der Waals surface area contributed by atoms with Crippen LogP contribution in [0, 0.1) is 0 Å². The van der Waals surface area contributed by atoms with Crippen LogP contribution in [0.15, 0.2) is 46.3 Å². The van der Waals surface area contributed by atoms with E-state index < -0.39 is 0 Å². The number of hydrogen-bond donors (Lipinski definition) is 0. The lowest BCUT2D eigenvalue weighted by atomic mass is 10.1. The van der Waals surface area contributed by atoms with Gasteiger partial charge in [-0.2, -0.15) is 4.98 Å². The van der Waals surface area contributed by atoms with E-state index in [0.717, 1.165) is 36.4 Å². The summed E-state index contributed by atoms with van der Waals surface area (Å²) in [6.45, 7) is 1.67. The molecule has 1 amide bonds. The van der Waals surface area contributed by atoms with E-state index in [4.69, 9.17) is 4.52 Å². The molecule has 1 aliphatic heterocycles. The molecule has 0 unspecified atom stereocenters. The predicted molar refractivity (Wildman–Crippen MR) is 103 cm³/mol. The summed E-state index contributed by atoms with van der Waals surface area (Å²) in [4.78, 5) is 20.1. The Labute approximate surface area is 156 Å². The fraction of sp³-hybridized carbons (Fsp3) is 0.250. The summed E-state index contributed by atoms with van der Waals surface area (Å²) in [6.07, 6.45) is 7.10. The van der Waals surface area contributed by atoms with Crippen LogP contribution in [0.2, 0.25) is 0 Å². The van der Waals surface area contributed by atoms with Gasteiger partial charge in [0.15, 0.2) is 0 Å². The topological polar surface area (TPSA) is 59.2 Å². The molecule has 1 fully saturated rings. The molecular formula is C20H19N3O2S. The molecule has 4 rings (SSSR count). The number of rotatable bonds is 4. The van der Waals surface area contributed by atoms with Gasteiger partial charge >= 0.3 is 0 Å². The summed E-state index contributed by atoms with van der Waals surface area (Å²) in [6, 6.07) is 11.5. The molecule has 0 saturated carbocycles. The van der Waals surface area contributed by atoms with E-state index in [0.29, 0.717) is 17.3 Å². The summed E-state index contributed by atoms with van der Waals surface area (Å²) in [5.74, 6) is 1.01. The maximum Gasteiger partial charge on any atom is 0.253 e. The molecule has 0 spiro atoms. The smallest absolute Gasteiger partial charge is 0.253 e. The van der Waals surface area contributed by atoms with Gasteiger partial charge in [0.05, 0.1) is 0 Å². The molecule has 0 radical (unpaired) electrons. The number of carbonyl (C=O) groups is 1. The summed E-state index contributed by atoms with van der Waals surface area (Å²) < 4.78 is 5.30. The van der Waals surface area contributed by atoms with Gasteiger partial charge in [0.25, 0.3) is 11.8 Å². The van der Waals surface area contributed by atoms with Crippen molar-refractivity contribution in [1.29, 1.82) is 0 Å². The second kappa shape index (κ2) is 7.66. The molecule has 3 heterocycles. The summed E-state index contributed by atoms with van der Waals surface area (Å²) in [7, 11) is 0. The van der Waals surface area contributed by atoms with Crippen molar-refractivity contribution in [2.45, 2.75) is 19.3 Å². The van der Waals surface area contributed by atoms with Gasteiger partial charge in [-0.25, -0.2) is 0 Å². The van der Waals surface area contributed by atoms with Crippen LogP contribution < -0.4 is 0 Å². The van der Waals surface area contributed by atoms with Crippen molar-refractivity contribution >= 4 is 29.4 Å². The van der Waals surface area contributed by atoms with E-state index >= 15 is 0 Å². The van der Waals surface area contributed by atoms with Gasteiger partial charge in [-0.1, -0.05) is 23.4 Å². The van der Waals surface area contributed by atoms with Crippen LogP contribution in [-0.2, 0) is 0 Å². The molecule has 0 bridgehead atoms. The zero-order valence-corrected chi connectivity index (χ0v) is 15.1. The van der Waals surface area contributed by atoms with E-state index in [2.05, 4.69) is 10.1 Å². The zero-order chi connectivity index (χ0) is 17.8. The molecular weight excluding hydrogens is 346 g/mol. The first-order chi connectivity index (χ1) is 12.8. The molecule has 0 aliphatic carbocycles. The first-order valence-electron chi connectivity index (χ1n) is 8.74. The Morgan fingerprint density at radius 2 is 2.00 bits per heavy atom. The van der Waals surface area contributed by atoms with Gasteiger partial charge in [-0.05, 0) is 48.9 Å². The number of nitrogens with zero attached hydrogens (tertiary/aromatic N) is 3. The fourth-order valence-corrected chi connectivity index (χ4v) is 3.65. The average Bonchev–Trinajstić information content (AvgIpc) is 3.38. The number of hydrogen-bond acceptors (Lipinski definition) is 5. The molecule has 1 aromatic carbocycles. The van der Waals surface area contributed by atoms with Crippen LogP contribution in [0.25, 0.3) is 23.5 Å². The highest BCUT2D eigenvalue weighted by Gasteiger charge is 2.19. The Hall–Kier alpha value is -2.73. The Bertz CT molecular complexity index is 909. The molecule has 0 N–H and O–H groups in total. The largest absolute Gasteiger partial charge is 0.339 e. The minimum atomic E-state index is 0.0767. The lowest BCUT2D eigenvalue weighted by Gasteiger charge is -2.26. The molecule has 1 saturated heterocycles. The van der Waals surface area contributed by atoms with E-state index in [9.17, 15) is 4.79 Å². The van der Waals surface area contributed by atoms with Gasteiger partial charge in [0.2, 0.25) is 5.82 Å². The summed E-state index contributed by atoms with van der Waals surface area (Å²) >= 11 is 1.65. The highest BCUT2D eigenvalue weighted by Crippen LogP contribution is 2.21. The van der Waals surface area contributed by atoms with Crippen LogP contribution >= 0.6 is 11.3 Å². The Balaban J connectivity index is 1.52. The highest BCUT2D eigenvalue weighted by atomic mass is 32.1. The lowest BCUT2D eigenvalue weighted by Crippen LogP contribution is -2.35. The second-order valence-corrected chi connectivity index (χ2v) is 7.22. The monoisotopic (exact) mass is 365 g/mol. The normalized spacial score (nSPS) is 14.8. The third-order valence-corrected chi connectivity index (χ3v) is 5.22. The minimum Gasteiger partial charge on any atom is -0.339 e. The van der Waals surface area contributed by atoms with Gasteiger partial charge in [-0.15, -0.1) is 11.3 Å². The highest BCUT2D eigenvalue weighted by molar-refractivity contribution is 7.10. The molecule has 6 heteroatoms. The van der Waals surface area contributed by atoms with Gasteiger partial charge < -0.3 is 9.42 Å². The molecule has 3 aromatic rings. The molecule has 0 atom stereocenters. The summed E-state index contributed by atoms with van der Waals surface area (Å²) in [5.41, 5.74) is 1.46. The lowest BCUT2D eigenvalue weighted by molar-refractivity contribution is 0.0724. The molecule has 5 nitrogen and oxygen atoms in total. The maximum atomic E-state index is 12.7. The first kappa shape index (κ1) is 16.7. The Morgan fingerprint density at radius 1 is 1.12 bits per heavy atom. The fourth-order valence-electron chi connectivity index (χ4n) is 3.03. The van der Waals surface area contributed by atoms with Crippen molar-refractivity contribution in [1.82, 2.24) is 15.0 Å². The van der Waals surface area contributed by atoms with E-state index in [1.807, 2.05) is 52.8 Å². The minimum absolute atomic E-state index is 0.0767. The van der Waals surface area contributed by atoms with E-state index in [1.165, 1.54) is 6.42 Å². The summed E-state index contributed by atoms with van der Waals surface area (Å²) in [5, 5.41) is 6.06. The van der Waals surface area contributed by atoms with E-state index in [-0.39, 0.29) is 5.91 Å². The quantitative estimate of drug-likeness (QED) is 0.678. The number of likely N-dealkylation sites (tertiary alicyclic amines) is 1. The van der Waals surface area contributed by atoms with Crippen LogP contribution in [0.3, 0.4) is 0 Å². The van der Waals surface area contributed by atoms with Crippen LogP contribution in [0.1, 0.15) is 40.4 Å². The second-order valence-electron chi connectivity index (χ2n) is 6.24. The third-order valence-electron chi connectivity index (χ3n) is 4.39. The standard InChI is InChI=1S/C20H19N3O2S/c24-20(23-11-2-1-3-12-23)16-7-4-6-15(14-16)19-21-18(25-22-19)10-9-17-8-5-13-26-17/h4-10,13-14H,1-3,11-12H2. The zero-order valence-electron chi connectivity index (χ0n) is 14.3. The van der Waals surface area contributed by atoms with Crippen LogP contribution in [-0.4, -0.2) is 34.0 Å².